The van der Waals surface area contributed by atoms with E-state index in [4.69, 9.17) is 18.9 Å². The van der Waals surface area contributed by atoms with Gasteiger partial charge in [-0.05, 0) is 77.0 Å². The van der Waals surface area contributed by atoms with Crippen molar-refractivity contribution in [1.29, 1.82) is 0 Å². The third-order valence-electron chi connectivity index (χ3n) is 6.85. The van der Waals surface area contributed by atoms with Crippen LogP contribution in [0, 0.1) is 0 Å². The number of hydrogen-bond donors (Lipinski definition) is 1. The lowest BCUT2D eigenvalue weighted by Crippen LogP contribution is -2.36. The van der Waals surface area contributed by atoms with Gasteiger partial charge in [-0.25, -0.2) is 0 Å². The molecule has 5 rings (SSSR count). The molecule has 1 N–H and O–H groups in total. The number of anilines is 1. The minimum atomic E-state index is -0.540. The Hall–Kier alpha value is -5.55. The maximum absolute atomic E-state index is 12.9. The molecule has 234 valence electrons. The first-order valence-corrected chi connectivity index (χ1v) is 14.9. The Labute approximate surface area is 269 Å². The van der Waals surface area contributed by atoms with E-state index in [0.29, 0.717) is 46.4 Å². The molecule has 0 unspecified atom stereocenters. The quantitative estimate of drug-likeness (QED) is 0.132. The number of carbonyl (C=O) groups excluding carboxylic acids is 4. The van der Waals surface area contributed by atoms with Gasteiger partial charge < -0.3 is 24.3 Å². The van der Waals surface area contributed by atoms with Crippen molar-refractivity contribution in [2.24, 2.45) is 0 Å². The van der Waals surface area contributed by atoms with Gasteiger partial charge in [0, 0.05) is 11.3 Å². The zero-order valence-corrected chi connectivity index (χ0v) is 25.9. The molecular weight excluding hydrogens is 608 g/mol. The first-order valence-electron chi connectivity index (χ1n) is 14.1. The first-order chi connectivity index (χ1) is 22.4. The van der Waals surface area contributed by atoms with Gasteiger partial charge in [0.1, 0.15) is 26.0 Å². The lowest BCUT2D eigenvalue weighted by molar-refractivity contribution is -0.127. The molecule has 3 amide bonds. The van der Waals surface area contributed by atoms with E-state index in [1.54, 1.807) is 66.7 Å². The number of aldehydes is 1. The molecule has 0 saturated carbocycles. The van der Waals surface area contributed by atoms with Crippen molar-refractivity contribution in [2.45, 2.75) is 13.2 Å². The summed E-state index contributed by atoms with van der Waals surface area (Å²) in [7, 11) is 3.04. The van der Waals surface area contributed by atoms with Crippen LogP contribution in [0.5, 0.6) is 23.0 Å². The molecule has 0 spiro atoms. The highest BCUT2D eigenvalue weighted by atomic mass is 32.2. The SMILES string of the molecule is COc1cc(C=O)ccc1OCc1ccc(COc2ccc(/C=C3\SC(=O)N(CC(=O)Nc4ccccc4)C3=O)cc2OC)cc1. The van der Waals surface area contributed by atoms with Crippen molar-refractivity contribution in [2.75, 3.05) is 26.1 Å². The Kier molecular flexibility index (Phi) is 10.4. The van der Waals surface area contributed by atoms with Crippen LogP contribution in [0.4, 0.5) is 10.5 Å². The second kappa shape index (κ2) is 15.0. The number of imide groups is 1. The van der Waals surface area contributed by atoms with Gasteiger partial charge >= 0.3 is 0 Å². The van der Waals surface area contributed by atoms with Gasteiger partial charge in [0.15, 0.2) is 23.0 Å². The Bertz CT molecular complexity index is 1770. The van der Waals surface area contributed by atoms with E-state index in [-0.39, 0.29) is 18.1 Å². The maximum atomic E-state index is 12.9. The number of carbonyl (C=O) groups is 4. The van der Waals surface area contributed by atoms with Crippen LogP contribution in [0.1, 0.15) is 27.0 Å². The van der Waals surface area contributed by atoms with Crippen LogP contribution in [-0.4, -0.2) is 49.0 Å². The summed E-state index contributed by atoms with van der Waals surface area (Å²) in [4.78, 5) is 50.0. The molecule has 10 nitrogen and oxygen atoms in total. The minimum Gasteiger partial charge on any atom is -0.493 e. The van der Waals surface area contributed by atoms with Gasteiger partial charge in [-0.2, -0.15) is 0 Å². The van der Waals surface area contributed by atoms with Crippen LogP contribution in [0.25, 0.3) is 6.08 Å². The summed E-state index contributed by atoms with van der Waals surface area (Å²) in [5, 5.41) is 2.16. The zero-order valence-electron chi connectivity index (χ0n) is 25.1. The fourth-order valence-corrected chi connectivity index (χ4v) is 5.32. The predicted octanol–water partition coefficient (Wildman–Crippen LogP) is 6.35. The second-order valence-electron chi connectivity index (χ2n) is 10.0. The van der Waals surface area contributed by atoms with Crippen molar-refractivity contribution < 1.29 is 38.1 Å². The first kappa shape index (κ1) is 31.9. The highest BCUT2D eigenvalue weighted by molar-refractivity contribution is 8.18. The molecular formula is C35H30N2O8S. The van der Waals surface area contributed by atoms with Crippen molar-refractivity contribution in [3.63, 3.8) is 0 Å². The van der Waals surface area contributed by atoms with Crippen LogP contribution in [0.3, 0.4) is 0 Å². The van der Waals surface area contributed by atoms with Crippen molar-refractivity contribution >= 4 is 46.9 Å². The topological polar surface area (TPSA) is 120 Å². The Morgan fingerprint density at radius 1 is 0.761 bits per heavy atom. The van der Waals surface area contributed by atoms with Gasteiger partial charge in [-0.3, -0.25) is 24.1 Å². The molecule has 46 heavy (non-hydrogen) atoms. The van der Waals surface area contributed by atoms with E-state index >= 15 is 0 Å². The van der Waals surface area contributed by atoms with E-state index in [1.807, 2.05) is 30.3 Å². The molecule has 1 fully saturated rings. The van der Waals surface area contributed by atoms with E-state index in [1.165, 1.54) is 14.2 Å². The normalized spacial score (nSPS) is 13.4. The predicted molar refractivity (Wildman–Crippen MR) is 174 cm³/mol. The molecule has 0 atom stereocenters. The third-order valence-corrected chi connectivity index (χ3v) is 7.76. The Morgan fingerprint density at radius 3 is 1.89 bits per heavy atom. The number of para-hydroxylation sites is 1. The number of nitrogens with zero attached hydrogens (tertiary/aromatic N) is 1. The van der Waals surface area contributed by atoms with Gasteiger partial charge in [0.25, 0.3) is 11.1 Å². The molecule has 4 aromatic rings. The molecule has 1 aliphatic heterocycles. The molecule has 0 radical (unpaired) electrons. The number of rotatable bonds is 13. The van der Waals surface area contributed by atoms with Crippen LogP contribution >= 0.6 is 11.8 Å². The largest absolute Gasteiger partial charge is 0.493 e. The number of hydrogen-bond acceptors (Lipinski definition) is 9. The molecule has 1 saturated heterocycles. The summed E-state index contributed by atoms with van der Waals surface area (Å²) >= 11 is 0.775. The molecule has 11 heteroatoms. The highest BCUT2D eigenvalue weighted by Crippen LogP contribution is 2.35. The molecule has 0 aliphatic carbocycles. The van der Waals surface area contributed by atoms with Crippen LogP contribution < -0.4 is 24.3 Å². The summed E-state index contributed by atoms with van der Waals surface area (Å²) in [5.74, 6) is 0.972. The number of nitrogens with one attached hydrogen (secondary N) is 1. The lowest BCUT2D eigenvalue weighted by atomic mass is 10.1. The summed E-state index contributed by atoms with van der Waals surface area (Å²) < 4.78 is 22.7. The van der Waals surface area contributed by atoms with Crippen LogP contribution in [0.2, 0.25) is 0 Å². The summed E-state index contributed by atoms with van der Waals surface area (Å²) in [6.07, 6.45) is 2.33. The Morgan fingerprint density at radius 2 is 1.33 bits per heavy atom. The van der Waals surface area contributed by atoms with E-state index < -0.39 is 17.1 Å². The molecule has 0 aromatic heterocycles. The molecule has 0 bridgehead atoms. The molecule has 4 aromatic carbocycles. The van der Waals surface area contributed by atoms with Crippen LogP contribution in [-0.2, 0) is 22.8 Å². The number of methoxy groups -OCH3 is 2. The van der Waals surface area contributed by atoms with Crippen LogP contribution in [0.15, 0.2) is 95.9 Å². The van der Waals surface area contributed by atoms with Crippen molar-refractivity contribution in [3.05, 3.63) is 118 Å². The van der Waals surface area contributed by atoms with E-state index in [2.05, 4.69) is 5.32 Å². The lowest BCUT2D eigenvalue weighted by Gasteiger charge is -2.13. The van der Waals surface area contributed by atoms with Gasteiger partial charge in [-0.1, -0.05) is 48.5 Å². The summed E-state index contributed by atoms with van der Waals surface area (Å²) in [6, 6.07) is 26.7. The number of amides is 3. The number of benzene rings is 4. The van der Waals surface area contributed by atoms with E-state index in [9.17, 15) is 19.2 Å². The molecule has 1 heterocycles. The average Bonchev–Trinajstić information content (AvgIpc) is 3.34. The maximum Gasteiger partial charge on any atom is 0.294 e. The zero-order chi connectivity index (χ0) is 32.5. The van der Waals surface area contributed by atoms with Crippen molar-refractivity contribution in [1.82, 2.24) is 4.90 Å². The number of thioether (sulfide) groups is 1. The fourth-order valence-electron chi connectivity index (χ4n) is 4.48. The monoisotopic (exact) mass is 638 g/mol. The Balaban J connectivity index is 1.17. The second-order valence-corrected chi connectivity index (χ2v) is 11.0. The standard InChI is InChI=1S/C35H30N2O8S/c1-42-30-16-25(18-32-34(40)37(35(41)46-32)19-33(39)36-27-6-4-3-5-7-27)12-14-28(30)44-21-23-8-10-24(11-9-23)22-45-29-15-13-26(20-38)17-31(29)43-2/h3-18,20H,19,21-22H2,1-2H3,(H,36,39)/b32-18-. The van der Waals surface area contributed by atoms with E-state index in [0.717, 1.165) is 34.1 Å². The fraction of sp³-hybridized carbons (Fsp3) is 0.143. The smallest absolute Gasteiger partial charge is 0.294 e. The highest BCUT2D eigenvalue weighted by Gasteiger charge is 2.36. The van der Waals surface area contributed by atoms with Gasteiger partial charge in [0.2, 0.25) is 5.91 Å². The van der Waals surface area contributed by atoms with Gasteiger partial charge in [0.05, 0.1) is 19.1 Å². The number of ether oxygens (including phenoxy) is 4. The van der Waals surface area contributed by atoms with Gasteiger partial charge in [-0.15, -0.1) is 0 Å². The summed E-state index contributed by atoms with van der Waals surface area (Å²) in [6.45, 7) is 0.210. The third kappa shape index (κ3) is 7.93. The minimum absolute atomic E-state index is 0.203. The summed E-state index contributed by atoms with van der Waals surface area (Å²) in [5.41, 5.74) is 3.57. The molecule has 1 aliphatic rings. The average molecular weight is 639 g/mol. The van der Waals surface area contributed by atoms with Crippen molar-refractivity contribution in [3.8, 4) is 23.0 Å².